The molecule has 0 amide bonds. The predicted octanol–water partition coefficient (Wildman–Crippen LogP) is 2.85. The number of hydrogen-bond acceptors (Lipinski definition) is 3. The number of halogens is 1. The van der Waals surface area contributed by atoms with Crippen LogP contribution in [0, 0.1) is 5.82 Å². The molecule has 1 heterocycles. The molecule has 0 radical (unpaired) electrons. The summed E-state index contributed by atoms with van der Waals surface area (Å²) >= 11 is 0. The Kier molecular flexibility index (Phi) is 5.59. The number of rotatable bonds is 6. The summed E-state index contributed by atoms with van der Waals surface area (Å²) in [5.41, 5.74) is 1.69. The third kappa shape index (κ3) is 4.42. The lowest BCUT2D eigenvalue weighted by Crippen LogP contribution is -2.37. The molecule has 2 rings (SSSR count). The second kappa shape index (κ2) is 7.23. The van der Waals surface area contributed by atoms with E-state index in [2.05, 4.69) is 31.1 Å². The Morgan fingerprint density at radius 2 is 2.19 bits per heavy atom. The van der Waals surface area contributed by atoms with Gasteiger partial charge in [0.1, 0.15) is 5.82 Å². The lowest BCUT2D eigenvalue weighted by atomic mass is 10.1. The number of likely N-dealkylation sites (tertiary alicyclic amines) is 1. The van der Waals surface area contributed by atoms with Crippen LogP contribution in [0.4, 0.5) is 10.1 Å². The van der Waals surface area contributed by atoms with Crippen molar-refractivity contribution < 1.29 is 4.39 Å². The zero-order valence-corrected chi connectivity index (χ0v) is 13.7. The molecule has 0 saturated carbocycles. The summed E-state index contributed by atoms with van der Waals surface area (Å²) in [6.45, 7) is 6.94. The van der Waals surface area contributed by atoms with Crippen LogP contribution in [0.3, 0.4) is 0 Å². The van der Waals surface area contributed by atoms with Crippen molar-refractivity contribution in [3.63, 3.8) is 0 Å². The molecule has 1 aliphatic rings. The second-order valence-electron chi connectivity index (χ2n) is 6.48. The van der Waals surface area contributed by atoms with E-state index in [1.165, 1.54) is 12.8 Å². The maximum atomic E-state index is 14.3. The first-order valence-electron chi connectivity index (χ1n) is 7.90. The van der Waals surface area contributed by atoms with Gasteiger partial charge >= 0.3 is 0 Å². The summed E-state index contributed by atoms with van der Waals surface area (Å²) < 4.78 is 14.3. The van der Waals surface area contributed by atoms with Crippen molar-refractivity contribution in [1.29, 1.82) is 0 Å². The van der Waals surface area contributed by atoms with Crippen molar-refractivity contribution in [2.24, 2.45) is 0 Å². The van der Waals surface area contributed by atoms with Crippen LogP contribution in [0.15, 0.2) is 18.2 Å². The summed E-state index contributed by atoms with van der Waals surface area (Å²) in [5.74, 6) is -0.124. The third-order valence-electron chi connectivity index (χ3n) is 4.29. The molecule has 0 bridgehead atoms. The van der Waals surface area contributed by atoms with Gasteiger partial charge in [-0.1, -0.05) is 19.9 Å². The molecule has 1 aliphatic heterocycles. The minimum atomic E-state index is -0.124. The smallest absolute Gasteiger partial charge is 0.146 e. The summed E-state index contributed by atoms with van der Waals surface area (Å²) in [7, 11) is 4.14. The molecular weight excluding hydrogens is 265 g/mol. The second-order valence-corrected chi connectivity index (χ2v) is 6.48. The highest BCUT2D eigenvalue weighted by Gasteiger charge is 2.23. The zero-order chi connectivity index (χ0) is 15.4. The van der Waals surface area contributed by atoms with Gasteiger partial charge in [-0.25, -0.2) is 4.39 Å². The summed E-state index contributed by atoms with van der Waals surface area (Å²) in [4.78, 5) is 4.41. The fourth-order valence-corrected chi connectivity index (χ4v) is 2.92. The van der Waals surface area contributed by atoms with Crippen LogP contribution in [-0.4, -0.2) is 44.2 Å². The van der Waals surface area contributed by atoms with Crippen molar-refractivity contribution in [2.75, 3.05) is 32.1 Å². The van der Waals surface area contributed by atoms with E-state index in [0.29, 0.717) is 24.3 Å². The van der Waals surface area contributed by atoms with Gasteiger partial charge in [-0.3, -0.25) is 0 Å². The Bertz CT molecular complexity index is 461. The number of anilines is 1. The molecule has 21 heavy (non-hydrogen) atoms. The highest BCUT2D eigenvalue weighted by Crippen LogP contribution is 2.22. The van der Waals surface area contributed by atoms with Crippen molar-refractivity contribution in [3.8, 4) is 0 Å². The molecule has 1 unspecified atom stereocenters. The quantitative estimate of drug-likeness (QED) is 0.870. The Morgan fingerprint density at radius 1 is 1.43 bits per heavy atom. The number of nitrogens with zero attached hydrogens (tertiary/aromatic N) is 2. The monoisotopic (exact) mass is 293 g/mol. The molecule has 1 fully saturated rings. The third-order valence-corrected chi connectivity index (χ3v) is 4.29. The fraction of sp³-hybridized carbons (Fsp3) is 0.647. The minimum Gasteiger partial charge on any atom is -0.371 e. The molecular formula is C17H28FN3. The number of benzene rings is 1. The molecule has 0 aromatic heterocycles. The van der Waals surface area contributed by atoms with E-state index in [0.717, 1.165) is 18.7 Å². The van der Waals surface area contributed by atoms with E-state index in [9.17, 15) is 4.39 Å². The first-order valence-corrected chi connectivity index (χ1v) is 7.90. The molecule has 0 aliphatic carbocycles. The Morgan fingerprint density at radius 3 is 2.76 bits per heavy atom. The van der Waals surface area contributed by atoms with Crippen molar-refractivity contribution in [1.82, 2.24) is 10.2 Å². The van der Waals surface area contributed by atoms with Gasteiger partial charge in [-0.2, -0.15) is 0 Å². The van der Waals surface area contributed by atoms with Crippen LogP contribution < -0.4 is 10.2 Å². The molecule has 1 saturated heterocycles. The highest BCUT2D eigenvalue weighted by atomic mass is 19.1. The van der Waals surface area contributed by atoms with Crippen LogP contribution in [0.2, 0.25) is 0 Å². The van der Waals surface area contributed by atoms with Crippen LogP contribution in [0.25, 0.3) is 0 Å². The average Bonchev–Trinajstić information content (AvgIpc) is 2.82. The maximum Gasteiger partial charge on any atom is 0.146 e. The first-order chi connectivity index (χ1) is 9.97. The van der Waals surface area contributed by atoms with Crippen LogP contribution in [-0.2, 0) is 6.54 Å². The zero-order valence-electron chi connectivity index (χ0n) is 13.7. The Hall–Kier alpha value is -1.13. The lowest BCUT2D eigenvalue weighted by molar-refractivity contribution is 0.314. The summed E-state index contributed by atoms with van der Waals surface area (Å²) in [5, 5.41) is 3.32. The number of hydrogen-bond donors (Lipinski definition) is 1. The normalized spacial score (nSPS) is 19.4. The van der Waals surface area contributed by atoms with Crippen molar-refractivity contribution in [3.05, 3.63) is 29.6 Å². The molecule has 3 nitrogen and oxygen atoms in total. The molecule has 1 aromatic carbocycles. The molecule has 0 spiro atoms. The van der Waals surface area contributed by atoms with E-state index >= 15 is 0 Å². The van der Waals surface area contributed by atoms with Crippen molar-refractivity contribution >= 4 is 5.69 Å². The molecule has 1 aromatic rings. The van der Waals surface area contributed by atoms with Gasteiger partial charge in [0, 0.05) is 32.2 Å². The molecule has 118 valence electrons. The van der Waals surface area contributed by atoms with Crippen LogP contribution >= 0.6 is 0 Å². The van der Waals surface area contributed by atoms with Gasteiger partial charge in [-0.15, -0.1) is 0 Å². The molecule has 1 atom stereocenters. The highest BCUT2D eigenvalue weighted by molar-refractivity contribution is 5.48. The Balaban J connectivity index is 1.99. The summed E-state index contributed by atoms with van der Waals surface area (Å²) in [6.07, 6.45) is 2.45. The first kappa shape index (κ1) is 16.2. The van der Waals surface area contributed by atoms with E-state index in [-0.39, 0.29) is 5.82 Å². The van der Waals surface area contributed by atoms with E-state index in [1.54, 1.807) is 6.07 Å². The largest absolute Gasteiger partial charge is 0.371 e. The van der Waals surface area contributed by atoms with Gasteiger partial charge in [0.15, 0.2) is 0 Å². The van der Waals surface area contributed by atoms with Gasteiger partial charge < -0.3 is 15.1 Å². The molecule has 4 heteroatoms. The van der Waals surface area contributed by atoms with Gasteiger partial charge in [0.2, 0.25) is 0 Å². The summed E-state index contributed by atoms with van der Waals surface area (Å²) in [6, 6.07) is 6.52. The predicted molar refractivity (Wildman–Crippen MR) is 87.3 cm³/mol. The molecule has 1 N–H and O–H groups in total. The van der Waals surface area contributed by atoms with E-state index < -0.39 is 0 Å². The van der Waals surface area contributed by atoms with Gasteiger partial charge in [0.25, 0.3) is 0 Å². The standard InChI is InChI=1S/C17H28FN3/c1-13(2)19-11-14-7-8-17(16(18)10-14)21(4)12-15-6-5-9-20(15)3/h7-8,10,13,15,19H,5-6,9,11-12H2,1-4H3. The van der Waals surface area contributed by atoms with Gasteiger partial charge in [-0.05, 0) is 44.1 Å². The number of nitrogens with one attached hydrogen (secondary N) is 1. The Labute approximate surface area is 128 Å². The van der Waals surface area contributed by atoms with Crippen LogP contribution in [0.1, 0.15) is 32.3 Å². The van der Waals surface area contributed by atoms with Gasteiger partial charge in [0.05, 0.1) is 5.69 Å². The minimum absolute atomic E-state index is 0.124. The van der Waals surface area contributed by atoms with Crippen LogP contribution in [0.5, 0.6) is 0 Å². The fourth-order valence-electron chi connectivity index (χ4n) is 2.92. The maximum absolute atomic E-state index is 14.3. The SMILES string of the molecule is CC(C)NCc1ccc(N(C)CC2CCCN2C)c(F)c1. The van der Waals surface area contributed by atoms with E-state index in [1.807, 2.05) is 24.1 Å². The number of likely N-dealkylation sites (N-methyl/N-ethyl adjacent to an activating group) is 2. The lowest BCUT2D eigenvalue weighted by Gasteiger charge is -2.27. The average molecular weight is 293 g/mol. The topological polar surface area (TPSA) is 18.5 Å². The van der Waals surface area contributed by atoms with Crippen molar-refractivity contribution in [2.45, 2.75) is 45.3 Å². The van der Waals surface area contributed by atoms with E-state index in [4.69, 9.17) is 0 Å².